The molecule has 0 radical (unpaired) electrons. The molecule has 23 heavy (non-hydrogen) atoms. The topological polar surface area (TPSA) is 40.5 Å². The number of fused-ring (bicyclic) bond motifs is 3. The van der Waals surface area contributed by atoms with E-state index in [0.717, 1.165) is 37.7 Å². The van der Waals surface area contributed by atoms with Crippen LogP contribution in [0.4, 0.5) is 0 Å². The van der Waals surface area contributed by atoms with Gasteiger partial charge < -0.3 is 10.2 Å². The van der Waals surface area contributed by atoms with E-state index < -0.39 is 0 Å². The maximum absolute atomic E-state index is 10.8. The van der Waals surface area contributed by atoms with Gasteiger partial charge in [0.05, 0.1) is 6.61 Å². The lowest BCUT2D eigenvalue weighted by Crippen LogP contribution is -2.42. The first-order valence-electron chi connectivity index (χ1n) is 9.10. The van der Waals surface area contributed by atoms with Crippen molar-refractivity contribution in [3.63, 3.8) is 0 Å². The summed E-state index contributed by atoms with van der Waals surface area (Å²) in [7, 11) is 0. The van der Waals surface area contributed by atoms with E-state index in [-0.39, 0.29) is 12.0 Å². The maximum Gasteiger partial charge on any atom is 0.122 e. The minimum absolute atomic E-state index is 0.142. The lowest BCUT2D eigenvalue weighted by atomic mass is 9.54. The lowest BCUT2D eigenvalue weighted by molar-refractivity contribution is 0.209. The van der Waals surface area contributed by atoms with Crippen LogP contribution in [0.3, 0.4) is 0 Å². The van der Waals surface area contributed by atoms with E-state index >= 15 is 0 Å². The van der Waals surface area contributed by atoms with Gasteiger partial charge in [0.25, 0.3) is 0 Å². The number of rotatable bonds is 3. The number of aromatic hydroxyl groups is 1. The Bertz CT molecular complexity index is 641. The highest BCUT2D eigenvalue weighted by molar-refractivity contribution is 5.53. The average molecular weight is 314 g/mol. The van der Waals surface area contributed by atoms with Crippen molar-refractivity contribution >= 4 is 0 Å². The van der Waals surface area contributed by atoms with Crippen molar-refractivity contribution in [3.8, 4) is 5.75 Å². The molecule has 126 valence electrons. The fraction of sp³-hybridized carbons (Fsp3) is 0.619. The van der Waals surface area contributed by atoms with Crippen LogP contribution in [0.2, 0.25) is 0 Å². The standard InChI is InChI=1S/C21H30O2/c1-5-21-11-10-15(12-22)14(4)18(21)8-7-17-19(21)9-6-16(13(2)3)20(17)23/h6,9,13,18,22-23H,5,7-8,10-12H2,1-4H3/t18-,21-/m0/s1. The summed E-state index contributed by atoms with van der Waals surface area (Å²) in [6.07, 6.45) is 5.21. The molecule has 0 saturated heterocycles. The Morgan fingerprint density at radius 1 is 1.26 bits per heavy atom. The van der Waals surface area contributed by atoms with Crippen LogP contribution in [0.25, 0.3) is 0 Å². The third-order valence-electron chi connectivity index (χ3n) is 6.60. The highest BCUT2D eigenvalue weighted by Crippen LogP contribution is 2.55. The Morgan fingerprint density at radius 2 is 2.00 bits per heavy atom. The average Bonchev–Trinajstić information content (AvgIpc) is 2.55. The largest absolute Gasteiger partial charge is 0.507 e. The molecular formula is C21H30O2. The molecular weight excluding hydrogens is 284 g/mol. The van der Waals surface area contributed by atoms with Crippen molar-refractivity contribution < 1.29 is 10.2 Å². The fourth-order valence-electron chi connectivity index (χ4n) is 5.17. The molecule has 2 atom stereocenters. The van der Waals surface area contributed by atoms with E-state index in [0.29, 0.717) is 17.6 Å². The molecule has 1 aromatic rings. The minimum atomic E-state index is 0.142. The van der Waals surface area contributed by atoms with E-state index in [4.69, 9.17) is 0 Å². The number of phenolic OH excluding ortho intramolecular Hbond substituents is 1. The third-order valence-corrected chi connectivity index (χ3v) is 6.60. The normalized spacial score (nSPS) is 27.1. The minimum Gasteiger partial charge on any atom is -0.507 e. The van der Waals surface area contributed by atoms with Gasteiger partial charge in [-0.1, -0.05) is 38.5 Å². The predicted octanol–water partition coefficient (Wildman–Crippen LogP) is 4.83. The summed E-state index contributed by atoms with van der Waals surface area (Å²) in [6, 6.07) is 4.43. The van der Waals surface area contributed by atoms with Gasteiger partial charge in [-0.05, 0) is 73.1 Å². The SMILES string of the molecule is CC[C@]12CCC(CO)=C(C)[C@@H]1CCc1c2ccc(C(C)C)c1O. The first kappa shape index (κ1) is 16.6. The van der Waals surface area contributed by atoms with Crippen LogP contribution in [-0.2, 0) is 11.8 Å². The quantitative estimate of drug-likeness (QED) is 0.785. The predicted molar refractivity (Wildman–Crippen MR) is 95.0 cm³/mol. The van der Waals surface area contributed by atoms with Crippen molar-refractivity contribution in [1.82, 2.24) is 0 Å². The van der Waals surface area contributed by atoms with Crippen molar-refractivity contribution in [2.75, 3.05) is 6.61 Å². The number of aliphatic hydroxyl groups excluding tert-OH is 1. The number of hydrogen-bond donors (Lipinski definition) is 2. The number of hydrogen-bond acceptors (Lipinski definition) is 2. The molecule has 0 aromatic heterocycles. The molecule has 0 aliphatic heterocycles. The smallest absolute Gasteiger partial charge is 0.122 e. The summed E-state index contributed by atoms with van der Waals surface area (Å²) in [6.45, 7) is 8.99. The van der Waals surface area contributed by atoms with Crippen molar-refractivity contribution in [1.29, 1.82) is 0 Å². The summed E-state index contributed by atoms with van der Waals surface area (Å²) < 4.78 is 0. The summed E-state index contributed by atoms with van der Waals surface area (Å²) in [4.78, 5) is 0. The zero-order valence-corrected chi connectivity index (χ0v) is 14.9. The molecule has 0 amide bonds. The highest BCUT2D eigenvalue weighted by atomic mass is 16.3. The van der Waals surface area contributed by atoms with Crippen LogP contribution in [0.5, 0.6) is 5.75 Å². The van der Waals surface area contributed by atoms with Gasteiger partial charge in [-0.25, -0.2) is 0 Å². The van der Waals surface area contributed by atoms with E-state index in [9.17, 15) is 10.2 Å². The molecule has 2 nitrogen and oxygen atoms in total. The van der Waals surface area contributed by atoms with Crippen LogP contribution >= 0.6 is 0 Å². The molecule has 2 N–H and O–H groups in total. The molecule has 0 unspecified atom stereocenters. The van der Waals surface area contributed by atoms with E-state index in [1.54, 1.807) is 0 Å². The number of allylic oxidation sites excluding steroid dienone is 1. The highest BCUT2D eigenvalue weighted by Gasteiger charge is 2.46. The van der Waals surface area contributed by atoms with E-state index in [1.807, 2.05) is 0 Å². The third kappa shape index (κ3) is 2.34. The molecule has 2 aliphatic carbocycles. The zero-order chi connectivity index (χ0) is 16.8. The van der Waals surface area contributed by atoms with Gasteiger partial charge in [0.1, 0.15) is 5.75 Å². The summed E-state index contributed by atoms with van der Waals surface area (Å²) in [5.41, 5.74) is 6.42. The first-order chi connectivity index (χ1) is 11.0. The van der Waals surface area contributed by atoms with Gasteiger partial charge in [0.15, 0.2) is 0 Å². The second kappa shape index (κ2) is 5.98. The molecule has 0 spiro atoms. The number of aliphatic hydroxyl groups is 1. The van der Waals surface area contributed by atoms with Crippen molar-refractivity contribution in [2.45, 2.75) is 71.1 Å². The Hall–Kier alpha value is -1.28. The second-order valence-corrected chi connectivity index (χ2v) is 7.73. The Balaban J connectivity index is 2.16. The van der Waals surface area contributed by atoms with E-state index in [1.165, 1.54) is 22.3 Å². The fourth-order valence-corrected chi connectivity index (χ4v) is 5.17. The molecule has 2 aliphatic rings. The Kier molecular flexibility index (Phi) is 4.31. The maximum atomic E-state index is 10.8. The molecule has 3 rings (SSSR count). The Morgan fingerprint density at radius 3 is 2.61 bits per heavy atom. The van der Waals surface area contributed by atoms with E-state index in [2.05, 4.69) is 39.8 Å². The zero-order valence-electron chi connectivity index (χ0n) is 14.9. The summed E-state index contributed by atoms with van der Waals surface area (Å²) >= 11 is 0. The van der Waals surface area contributed by atoms with Gasteiger partial charge in [0, 0.05) is 5.41 Å². The summed E-state index contributed by atoms with van der Waals surface area (Å²) in [5.74, 6) is 1.41. The monoisotopic (exact) mass is 314 g/mol. The van der Waals surface area contributed by atoms with Crippen LogP contribution < -0.4 is 0 Å². The Labute approximate surface area is 140 Å². The van der Waals surface area contributed by atoms with Crippen LogP contribution in [0.1, 0.15) is 76.0 Å². The van der Waals surface area contributed by atoms with Crippen LogP contribution in [0, 0.1) is 5.92 Å². The summed E-state index contributed by atoms with van der Waals surface area (Å²) in [5, 5.41) is 20.5. The number of benzene rings is 1. The number of phenols is 1. The van der Waals surface area contributed by atoms with Gasteiger partial charge in [0.2, 0.25) is 0 Å². The van der Waals surface area contributed by atoms with Crippen LogP contribution in [0.15, 0.2) is 23.3 Å². The van der Waals surface area contributed by atoms with Crippen LogP contribution in [-0.4, -0.2) is 16.8 Å². The van der Waals surface area contributed by atoms with Gasteiger partial charge >= 0.3 is 0 Å². The molecule has 1 aromatic carbocycles. The molecule has 0 bridgehead atoms. The second-order valence-electron chi connectivity index (χ2n) is 7.73. The molecule has 0 saturated carbocycles. The van der Waals surface area contributed by atoms with Gasteiger partial charge in [-0.3, -0.25) is 0 Å². The molecule has 2 heteroatoms. The van der Waals surface area contributed by atoms with Crippen molar-refractivity contribution in [2.24, 2.45) is 5.92 Å². The van der Waals surface area contributed by atoms with Gasteiger partial charge in [-0.2, -0.15) is 0 Å². The lowest BCUT2D eigenvalue weighted by Gasteiger charge is -2.50. The van der Waals surface area contributed by atoms with Crippen molar-refractivity contribution in [3.05, 3.63) is 40.0 Å². The van der Waals surface area contributed by atoms with Gasteiger partial charge in [-0.15, -0.1) is 0 Å². The molecule has 0 fully saturated rings. The first-order valence-corrected chi connectivity index (χ1v) is 9.10. The molecule has 0 heterocycles.